The summed E-state index contributed by atoms with van der Waals surface area (Å²) < 4.78 is 7.95. The van der Waals surface area contributed by atoms with Gasteiger partial charge in [0.25, 0.3) is 5.56 Å². The number of tetrazole rings is 1. The molecule has 2 aliphatic rings. The number of aromatic amines is 1. The first-order chi connectivity index (χ1) is 15.2. The number of aromatic nitrogens is 5. The van der Waals surface area contributed by atoms with Crippen LogP contribution in [0.2, 0.25) is 0 Å². The molecular weight excluding hydrogens is 392 g/mol. The van der Waals surface area contributed by atoms with Gasteiger partial charge >= 0.3 is 0 Å². The van der Waals surface area contributed by atoms with Crippen LogP contribution in [0.1, 0.15) is 61.5 Å². The van der Waals surface area contributed by atoms with Gasteiger partial charge in [-0.15, -0.1) is 5.10 Å². The number of rotatable bonds is 7. The van der Waals surface area contributed by atoms with E-state index in [4.69, 9.17) is 4.74 Å². The van der Waals surface area contributed by atoms with Crippen molar-refractivity contribution < 1.29 is 9.64 Å². The SMILES string of the molecule is Cc1ccc2[nH]c(=O)c(C[NH+](Cc3nnnn3C3CCCC3)C[C@@H]3CCCO3)cc2c1. The van der Waals surface area contributed by atoms with Gasteiger partial charge in [0.15, 0.2) is 0 Å². The van der Waals surface area contributed by atoms with Crippen LogP contribution in [-0.4, -0.2) is 44.4 Å². The number of nitrogens with zero attached hydrogens (tertiary/aromatic N) is 4. The molecule has 1 saturated heterocycles. The van der Waals surface area contributed by atoms with E-state index in [9.17, 15) is 4.79 Å². The lowest BCUT2D eigenvalue weighted by Gasteiger charge is -2.22. The molecule has 2 fully saturated rings. The number of hydrogen-bond acceptors (Lipinski definition) is 5. The standard InChI is InChI=1S/C23H30N6O2/c1-16-8-9-21-17(11-16)12-18(23(30)24-21)13-28(14-20-7-4-10-31-20)15-22-25-26-27-29(22)19-5-2-3-6-19/h8-9,11-12,19-20H,2-7,10,13-15H2,1H3,(H,24,30)/p+1/t20-/m0/s1. The summed E-state index contributed by atoms with van der Waals surface area (Å²) in [4.78, 5) is 17.1. The molecule has 8 nitrogen and oxygen atoms in total. The van der Waals surface area contributed by atoms with Crippen molar-refractivity contribution in [2.45, 2.75) is 70.7 Å². The molecule has 2 atom stereocenters. The molecule has 2 aromatic heterocycles. The Morgan fingerprint density at radius 1 is 1.16 bits per heavy atom. The van der Waals surface area contributed by atoms with Gasteiger partial charge < -0.3 is 14.6 Å². The molecule has 0 spiro atoms. The lowest BCUT2D eigenvalue weighted by atomic mass is 10.1. The van der Waals surface area contributed by atoms with Gasteiger partial charge in [0, 0.05) is 12.1 Å². The van der Waals surface area contributed by atoms with Crippen LogP contribution in [0.5, 0.6) is 0 Å². The molecule has 164 valence electrons. The van der Waals surface area contributed by atoms with E-state index in [0.717, 1.165) is 61.1 Å². The average Bonchev–Trinajstić information content (AvgIpc) is 3.51. The van der Waals surface area contributed by atoms with Gasteiger partial charge in [0.2, 0.25) is 5.82 Å². The van der Waals surface area contributed by atoms with Gasteiger partial charge in [0.1, 0.15) is 25.7 Å². The van der Waals surface area contributed by atoms with Crippen LogP contribution in [0.4, 0.5) is 0 Å². The van der Waals surface area contributed by atoms with Crippen molar-refractivity contribution in [2.24, 2.45) is 0 Å². The third-order valence-corrected chi connectivity index (χ3v) is 6.70. The first-order valence-electron chi connectivity index (χ1n) is 11.5. The monoisotopic (exact) mass is 423 g/mol. The lowest BCUT2D eigenvalue weighted by molar-refractivity contribution is -0.931. The third kappa shape index (κ3) is 4.55. The van der Waals surface area contributed by atoms with Gasteiger partial charge in [-0.25, -0.2) is 4.68 Å². The van der Waals surface area contributed by atoms with E-state index in [1.807, 2.05) is 22.9 Å². The Bertz CT molecular complexity index is 1090. The minimum Gasteiger partial charge on any atom is -0.372 e. The van der Waals surface area contributed by atoms with E-state index in [0.29, 0.717) is 19.1 Å². The van der Waals surface area contributed by atoms with Crippen molar-refractivity contribution in [3.63, 3.8) is 0 Å². The number of hydrogen-bond donors (Lipinski definition) is 2. The molecule has 1 aromatic carbocycles. The number of fused-ring (bicyclic) bond motifs is 1. The molecule has 2 N–H and O–H groups in total. The zero-order valence-electron chi connectivity index (χ0n) is 18.1. The highest BCUT2D eigenvalue weighted by molar-refractivity contribution is 5.79. The first kappa shape index (κ1) is 20.3. The predicted molar refractivity (Wildman–Crippen MR) is 117 cm³/mol. The maximum atomic E-state index is 12.8. The van der Waals surface area contributed by atoms with Crippen LogP contribution in [-0.2, 0) is 17.8 Å². The van der Waals surface area contributed by atoms with E-state index in [1.165, 1.54) is 23.3 Å². The molecule has 3 aromatic rings. The summed E-state index contributed by atoms with van der Waals surface area (Å²) in [6, 6.07) is 8.56. The quantitative estimate of drug-likeness (QED) is 0.604. The highest BCUT2D eigenvalue weighted by Gasteiger charge is 2.27. The minimum absolute atomic E-state index is 0.0171. The molecule has 1 aliphatic carbocycles. The summed E-state index contributed by atoms with van der Waals surface area (Å²) in [7, 11) is 0. The second kappa shape index (κ2) is 8.88. The Morgan fingerprint density at radius 2 is 2.03 bits per heavy atom. The number of pyridine rings is 1. The zero-order valence-corrected chi connectivity index (χ0v) is 18.1. The largest absolute Gasteiger partial charge is 0.372 e. The Balaban J connectivity index is 1.41. The summed E-state index contributed by atoms with van der Waals surface area (Å²) in [5.41, 5.74) is 2.84. The first-order valence-corrected chi connectivity index (χ1v) is 11.5. The van der Waals surface area contributed by atoms with Crippen molar-refractivity contribution in [3.05, 3.63) is 51.6 Å². The molecule has 31 heavy (non-hydrogen) atoms. The van der Waals surface area contributed by atoms with Crippen LogP contribution in [0, 0.1) is 6.92 Å². The molecule has 5 rings (SSSR count). The van der Waals surface area contributed by atoms with Gasteiger partial charge in [-0.2, -0.15) is 0 Å². The van der Waals surface area contributed by atoms with Gasteiger partial charge in [-0.1, -0.05) is 24.5 Å². The van der Waals surface area contributed by atoms with Crippen LogP contribution in [0.25, 0.3) is 10.9 Å². The summed E-state index contributed by atoms with van der Waals surface area (Å²) in [5.74, 6) is 0.910. The molecule has 0 radical (unpaired) electrons. The Hall–Kier alpha value is -2.58. The maximum Gasteiger partial charge on any atom is 0.257 e. The molecular formula is C23H31N6O2+. The van der Waals surface area contributed by atoms with Gasteiger partial charge in [0.05, 0.1) is 11.6 Å². The van der Waals surface area contributed by atoms with Crippen LogP contribution in [0.15, 0.2) is 29.1 Å². The molecule has 0 bridgehead atoms. The molecule has 0 amide bonds. The number of ether oxygens (including phenoxy) is 1. The van der Waals surface area contributed by atoms with E-state index in [2.05, 4.69) is 33.5 Å². The summed E-state index contributed by atoms with van der Waals surface area (Å²) >= 11 is 0. The Morgan fingerprint density at radius 3 is 2.84 bits per heavy atom. The van der Waals surface area contributed by atoms with Gasteiger partial charge in [-0.3, -0.25) is 4.79 Å². The van der Waals surface area contributed by atoms with E-state index in [1.54, 1.807) is 0 Å². The Kier molecular flexibility index (Phi) is 5.82. The highest BCUT2D eigenvalue weighted by atomic mass is 16.5. The van der Waals surface area contributed by atoms with E-state index < -0.39 is 0 Å². The lowest BCUT2D eigenvalue weighted by Crippen LogP contribution is -3.10. The third-order valence-electron chi connectivity index (χ3n) is 6.70. The van der Waals surface area contributed by atoms with Crippen LogP contribution >= 0.6 is 0 Å². The second-order valence-corrected chi connectivity index (χ2v) is 9.14. The second-order valence-electron chi connectivity index (χ2n) is 9.14. The fraction of sp³-hybridized carbons (Fsp3) is 0.565. The minimum atomic E-state index is -0.0171. The summed E-state index contributed by atoms with van der Waals surface area (Å²) in [5, 5.41) is 13.7. The molecule has 3 heterocycles. The fourth-order valence-electron chi connectivity index (χ4n) is 5.09. The van der Waals surface area contributed by atoms with Crippen molar-refractivity contribution in [1.29, 1.82) is 0 Å². The number of quaternary nitrogens is 1. The number of benzene rings is 1. The maximum absolute atomic E-state index is 12.8. The van der Waals surface area contributed by atoms with Crippen LogP contribution in [0.3, 0.4) is 0 Å². The van der Waals surface area contributed by atoms with Crippen molar-refractivity contribution in [2.75, 3.05) is 13.2 Å². The average molecular weight is 424 g/mol. The van der Waals surface area contributed by atoms with E-state index in [-0.39, 0.29) is 11.7 Å². The molecule has 1 saturated carbocycles. The molecule has 1 unspecified atom stereocenters. The predicted octanol–water partition coefficient (Wildman–Crippen LogP) is 1.70. The smallest absolute Gasteiger partial charge is 0.257 e. The number of H-pyrrole nitrogens is 1. The molecule has 8 heteroatoms. The zero-order chi connectivity index (χ0) is 21.2. The summed E-state index contributed by atoms with van der Waals surface area (Å²) in [6.07, 6.45) is 7.17. The highest BCUT2D eigenvalue weighted by Crippen LogP contribution is 2.28. The van der Waals surface area contributed by atoms with Crippen molar-refractivity contribution >= 4 is 10.9 Å². The normalized spacial score (nSPS) is 20.6. The number of nitrogens with one attached hydrogen (secondary N) is 2. The Labute approximate surface area is 181 Å². The topological polar surface area (TPSA) is 90.1 Å². The van der Waals surface area contributed by atoms with Crippen LogP contribution < -0.4 is 10.5 Å². The number of aryl methyl sites for hydroxylation is 1. The van der Waals surface area contributed by atoms with Gasteiger partial charge in [-0.05, 0) is 66.6 Å². The van der Waals surface area contributed by atoms with Crippen molar-refractivity contribution in [1.82, 2.24) is 25.2 Å². The summed E-state index contributed by atoms with van der Waals surface area (Å²) in [6.45, 7) is 5.06. The van der Waals surface area contributed by atoms with Crippen molar-refractivity contribution in [3.8, 4) is 0 Å². The van der Waals surface area contributed by atoms with E-state index >= 15 is 0 Å². The molecule has 1 aliphatic heterocycles. The fourth-order valence-corrected chi connectivity index (χ4v) is 5.09.